The van der Waals surface area contributed by atoms with Crippen molar-refractivity contribution in [2.24, 2.45) is 0 Å². The van der Waals surface area contributed by atoms with Crippen molar-refractivity contribution in [1.29, 1.82) is 0 Å². The van der Waals surface area contributed by atoms with E-state index in [0.717, 1.165) is 12.2 Å². The number of hydrogen-bond acceptors (Lipinski definition) is 5. The van der Waals surface area contributed by atoms with Gasteiger partial charge < -0.3 is 14.2 Å². The van der Waals surface area contributed by atoms with Gasteiger partial charge in [0.2, 0.25) is 0 Å². The molecule has 106 valence electrons. The van der Waals surface area contributed by atoms with Crippen LogP contribution in [0.5, 0.6) is 5.75 Å². The number of rotatable bonds is 8. The van der Waals surface area contributed by atoms with Gasteiger partial charge in [-0.3, -0.25) is 0 Å². The van der Waals surface area contributed by atoms with Gasteiger partial charge in [0.25, 0.3) is 0 Å². The first-order valence-corrected chi connectivity index (χ1v) is 5.95. The van der Waals surface area contributed by atoms with Gasteiger partial charge >= 0.3 is 11.9 Å². The van der Waals surface area contributed by atoms with Crippen LogP contribution in [0.25, 0.3) is 0 Å². The fraction of sp³-hybridized carbons (Fsp3) is 0.200. The van der Waals surface area contributed by atoms with E-state index in [9.17, 15) is 9.59 Å². The predicted octanol–water partition coefficient (Wildman–Crippen LogP) is 1.89. The van der Waals surface area contributed by atoms with Crippen molar-refractivity contribution in [3.05, 3.63) is 55.6 Å². The van der Waals surface area contributed by atoms with Crippen molar-refractivity contribution < 1.29 is 23.8 Å². The Morgan fingerprint density at radius 3 is 2.30 bits per heavy atom. The molecule has 5 nitrogen and oxygen atoms in total. The minimum atomic E-state index is -0.718. The molecule has 0 aliphatic rings. The van der Waals surface area contributed by atoms with Crippen LogP contribution in [-0.2, 0) is 19.1 Å². The largest absolute Gasteiger partial charge is 0.490 e. The summed E-state index contributed by atoms with van der Waals surface area (Å²) in [5.74, 6) is -0.576. The van der Waals surface area contributed by atoms with E-state index in [4.69, 9.17) is 14.2 Å². The SMILES string of the molecule is C=CC(=O)OCC(COc1ccccc1)OC(=O)C=C. The summed E-state index contributed by atoms with van der Waals surface area (Å²) in [6.45, 7) is 6.53. The minimum Gasteiger partial charge on any atom is -0.490 e. The van der Waals surface area contributed by atoms with Crippen LogP contribution in [0.15, 0.2) is 55.6 Å². The van der Waals surface area contributed by atoms with Gasteiger partial charge in [-0.1, -0.05) is 31.4 Å². The van der Waals surface area contributed by atoms with Gasteiger partial charge in [-0.05, 0) is 12.1 Å². The zero-order valence-corrected chi connectivity index (χ0v) is 11.0. The molecule has 0 amide bonds. The Bertz CT molecular complexity index is 466. The van der Waals surface area contributed by atoms with Gasteiger partial charge in [0.1, 0.15) is 19.0 Å². The van der Waals surface area contributed by atoms with E-state index < -0.39 is 18.0 Å². The van der Waals surface area contributed by atoms with E-state index >= 15 is 0 Å². The molecule has 0 saturated carbocycles. The molecular weight excluding hydrogens is 260 g/mol. The second-order valence-corrected chi connectivity index (χ2v) is 3.72. The Morgan fingerprint density at radius 2 is 1.70 bits per heavy atom. The molecule has 1 aromatic carbocycles. The minimum absolute atomic E-state index is 0.0635. The molecule has 1 aromatic rings. The highest BCUT2D eigenvalue weighted by Crippen LogP contribution is 2.09. The average Bonchev–Trinajstić information content (AvgIpc) is 2.50. The molecule has 0 aromatic heterocycles. The molecule has 1 rings (SSSR count). The van der Waals surface area contributed by atoms with E-state index in [1.165, 1.54) is 0 Å². The number of carbonyl (C=O) groups excluding carboxylic acids is 2. The molecule has 0 N–H and O–H groups in total. The maximum Gasteiger partial charge on any atom is 0.330 e. The number of para-hydroxylation sites is 1. The van der Waals surface area contributed by atoms with Gasteiger partial charge in [-0.25, -0.2) is 9.59 Å². The summed E-state index contributed by atoms with van der Waals surface area (Å²) in [5.41, 5.74) is 0. The summed E-state index contributed by atoms with van der Waals surface area (Å²) in [4.78, 5) is 22.2. The molecule has 0 spiro atoms. The zero-order chi connectivity index (χ0) is 14.8. The summed E-state index contributed by atoms with van der Waals surface area (Å²) in [6.07, 6.45) is 1.35. The smallest absolute Gasteiger partial charge is 0.330 e. The number of esters is 2. The second kappa shape index (κ2) is 8.53. The number of hydrogen-bond donors (Lipinski definition) is 0. The molecule has 1 atom stereocenters. The molecule has 1 unspecified atom stereocenters. The Labute approximate surface area is 117 Å². The van der Waals surface area contributed by atoms with Crippen LogP contribution in [0.3, 0.4) is 0 Å². The van der Waals surface area contributed by atoms with E-state index in [0.29, 0.717) is 5.75 Å². The lowest BCUT2D eigenvalue weighted by atomic mass is 10.3. The summed E-state index contributed by atoms with van der Waals surface area (Å²) < 4.78 is 15.3. The molecule has 0 saturated heterocycles. The third-order valence-corrected chi connectivity index (χ3v) is 2.21. The van der Waals surface area contributed by atoms with E-state index in [1.807, 2.05) is 18.2 Å². The lowest BCUT2D eigenvalue weighted by Gasteiger charge is -2.17. The third-order valence-electron chi connectivity index (χ3n) is 2.21. The van der Waals surface area contributed by atoms with E-state index in [-0.39, 0.29) is 13.2 Å². The average molecular weight is 276 g/mol. The maximum atomic E-state index is 11.2. The van der Waals surface area contributed by atoms with Crippen LogP contribution >= 0.6 is 0 Å². The van der Waals surface area contributed by atoms with E-state index in [2.05, 4.69) is 13.2 Å². The predicted molar refractivity (Wildman–Crippen MR) is 73.2 cm³/mol. The van der Waals surface area contributed by atoms with E-state index in [1.54, 1.807) is 12.1 Å². The number of benzene rings is 1. The van der Waals surface area contributed by atoms with Gasteiger partial charge in [0.05, 0.1) is 0 Å². The summed E-state index contributed by atoms with van der Waals surface area (Å²) in [6, 6.07) is 9.02. The summed E-state index contributed by atoms with van der Waals surface area (Å²) in [7, 11) is 0. The van der Waals surface area contributed by atoms with Gasteiger partial charge in [-0.2, -0.15) is 0 Å². The number of ether oxygens (including phenoxy) is 3. The molecule has 0 radical (unpaired) electrons. The Kier molecular flexibility index (Phi) is 6.61. The molecule has 5 heteroatoms. The van der Waals surface area contributed by atoms with Crippen LogP contribution in [0.4, 0.5) is 0 Å². The van der Waals surface area contributed by atoms with Crippen LogP contribution < -0.4 is 4.74 Å². The van der Waals surface area contributed by atoms with Crippen molar-refractivity contribution in [2.45, 2.75) is 6.10 Å². The molecule has 0 heterocycles. The molecule has 0 aliphatic heterocycles. The third kappa shape index (κ3) is 5.86. The Balaban J connectivity index is 2.52. The molecule has 20 heavy (non-hydrogen) atoms. The summed E-state index contributed by atoms with van der Waals surface area (Å²) in [5, 5.41) is 0. The fourth-order valence-electron chi connectivity index (χ4n) is 1.27. The highest BCUT2D eigenvalue weighted by molar-refractivity contribution is 5.82. The van der Waals surface area contributed by atoms with Crippen LogP contribution in [-0.4, -0.2) is 31.3 Å². The number of carbonyl (C=O) groups is 2. The lowest BCUT2D eigenvalue weighted by Crippen LogP contribution is -2.30. The first-order chi connectivity index (χ1) is 9.65. The quantitative estimate of drug-likeness (QED) is 0.536. The fourth-order valence-corrected chi connectivity index (χ4v) is 1.27. The van der Waals surface area contributed by atoms with Crippen LogP contribution in [0, 0.1) is 0 Å². The maximum absolute atomic E-state index is 11.2. The molecule has 0 fully saturated rings. The van der Waals surface area contributed by atoms with Gasteiger partial charge in [-0.15, -0.1) is 0 Å². The first-order valence-electron chi connectivity index (χ1n) is 5.95. The Hall–Kier alpha value is -2.56. The molecule has 0 aliphatic carbocycles. The Morgan fingerprint density at radius 1 is 1.05 bits per heavy atom. The normalized spacial score (nSPS) is 11.0. The van der Waals surface area contributed by atoms with Crippen LogP contribution in [0.1, 0.15) is 0 Å². The van der Waals surface area contributed by atoms with Crippen molar-refractivity contribution >= 4 is 11.9 Å². The highest BCUT2D eigenvalue weighted by Gasteiger charge is 2.16. The second-order valence-electron chi connectivity index (χ2n) is 3.72. The lowest BCUT2D eigenvalue weighted by molar-refractivity contribution is -0.154. The first kappa shape index (κ1) is 15.5. The zero-order valence-electron chi connectivity index (χ0n) is 11.0. The van der Waals surface area contributed by atoms with Crippen molar-refractivity contribution in [2.75, 3.05) is 13.2 Å². The molecule has 0 bridgehead atoms. The van der Waals surface area contributed by atoms with Gasteiger partial charge in [0.15, 0.2) is 6.10 Å². The van der Waals surface area contributed by atoms with Crippen molar-refractivity contribution in [1.82, 2.24) is 0 Å². The van der Waals surface area contributed by atoms with Crippen molar-refractivity contribution in [3.63, 3.8) is 0 Å². The topological polar surface area (TPSA) is 61.8 Å². The van der Waals surface area contributed by atoms with Crippen molar-refractivity contribution in [3.8, 4) is 5.75 Å². The van der Waals surface area contributed by atoms with Crippen LogP contribution in [0.2, 0.25) is 0 Å². The molecular formula is C15H16O5. The monoisotopic (exact) mass is 276 g/mol. The van der Waals surface area contributed by atoms with Gasteiger partial charge in [0, 0.05) is 12.2 Å². The summed E-state index contributed by atoms with van der Waals surface area (Å²) >= 11 is 0. The highest BCUT2D eigenvalue weighted by atomic mass is 16.6. The standard InChI is InChI=1S/C15H16O5/c1-3-14(16)19-11-13(20-15(17)4-2)10-18-12-8-6-5-7-9-12/h3-9,13H,1-2,10-11H2.